The summed E-state index contributed by atoms with van der Waals surface area (Å²) in [5.41, 5.74) is 6.31. The number of H-pyrrole nitrogens is 1. The molecule has 1 fully saturated rings. The van der Waals surface area contributed by atoms with Crippen LogP contribution < -0.4 is 11.1 Å². The first kappa shape index (κ1) is 15.7. The molecule has 6 heteroatoms. The second-order valence-corrected chi connectivity index (χ2v) is 5.59. The zero-order chi connectivity index (χ0) is 15.2. The third-order valence-corrected chi connectivity index (χ3v) is 4.11. The van der Waals surface area contributed by atoms with Crippen LogP contribution in [0.2, 0.25) is 0 Å². The van der Waals surface area contributed by atoms with Gasteiger partial charge in [0.15, 0.2) is 0 Å². The van der Waals surface area contributed by atoms with E-state index in [0.29, 0.717) is 17.8 Å². The Morgan fingerprint density at radius 1 is 1.38 bits per heavy atom. The van der Waals surface area contributed by atoms with E-state index in [-0.39, 0.29) is 18.4 Å². The molecule has 0 atom stereocenters. The maximum Gasteiger partial charge on any atom is 0.274 e. The van der Waals surface area contributed by atoms with Crippen molar-refractivity contribution >= 4 is 11.8 Å². The molecule has 21 heavy (non-hydrogen) atoms. The Morgan fingerprint density at radius 2 is 2.10 bits per heavy atom. The number of imide groups is 1. The Hall–Kier alpha value is -1.66. The topological polar surface area (TPSA) is 91.2 Å². The van der Waals surface area contributed by atoms with Gasteiger partial charge in [-0.15, -0.1) is 0 Å². The molecule has 116 valence electrons. The van der Waals surface area contributed by atoms with Gasteiger partial charge in [0.2, 0.25) is 5.91 Å². The van der Waals surface area contributed by atoms with Crippen LogP contribution in [0.25, 0.3) is 0 Å². The van der Waals surface area contributed by atoms with Crippen LogP contribution in [0.3, 0.4) is 0 Å². The molecular weight excluding hydrogens is 268 g/mol. The van der Waals surface area contributed by atoms with Gasteiger partial charge in [0, 0.05) is 18.3 Å². The summed E-state index contributed by atoms with van der Waals surface area (Å²) in [5, 5.41) is 2.42. The lowest BCUT2D eigenvalue weighted by molar-refractivity contribution is -0.122. The minimum Gasteiger partial charge on any atom is -0.357 e. The summed E-state index contributed by atoms with van der Waals surface area (Å²) in [7, 11) is 0. The first-order chi connectivity index (χ1) is 10.1. The van der Waals surface area contributed by atoms with E-state index in [9.17, 15) is 9.59 Å². The molecule has 0 aromatic carbocycles. The highest BCUT2D eigenvalue weighted by Gasteiger charge is 2.25. The number of rotatable bonds is 5. The van der Waals surface area contributed by atoms with E-state index in [1.54, 1.807) is 18.3 Å². The predicted octanol–water partition coefficient (Wildman–Crippen LogP) is 0.863. The standard InChI is InChI=1S/C15H24N4O2/c1-2-19(12-7-5-11(16)6-8-12)10-14(20)18-15(21)13-4-3-9-17-13/h3-4,9,11-12,17H,2,5-8,10,16H2,1H3,(H,18,20,21). The molecule has 0 radical (unpaired) electrons. The predicted molar refractivity (Wildman–Crippen MR) is 80.7 cm³/mol. The Balaban J connectivity index is 1.83. The average molecular weight is 292 g/mol. The molecule has 2 amide bonds. The van der Waals surface area contributed by atoms with Crippen molar-refractivity contribution in [1.82, 2.24) is 15.2 Å². The molecule has 4 N–H and O–H groups in total. The minimum absolute atomic E-state index is 0.253. The van der Waals surface area contributed by atoms with Gasteiger partial charge >= 0.3 is 0 Å². The molecule has 2 rings (SSSR count). The third-order valence-electron chi connectivity index (χ3n) is 4.11. The third kappa shape index (κ3) is 4.41. The highest BCUT2D eigenvalue weighted by Crippen LogP contribution is 2.21. The van der Waals surface area contributed by atoms with Crippen molar-refractivity contribution in [1.29, 1.82) is 0 Å². The van der Waals surface area contributed by atoms with Gasteiger partial charge in [-0.2, -0.15) is 0 Å². The molecule has 1 aromatic heterocycles. The lowest BCUT2D eigenvalue weighted by Gasteiger charge is -2.34. The maximum atomic E-state index is 12.0. The van der Waals surface area contributed by atoms with Crippen molar-refractivity contribution in [2.75, 3.05) is 13.1 Å². The highest BCUT2D eigenvalue weighted by atomic mass is 16.2. The summed E-state index contributed by atoms with van der Waals surface area (Å²) < 4.78 is 0. The van der Waals surface area contributed by atoms with Crippen molar-refractivity contribution in [2.24, 2.45) is 5.73 Å². The molecule has 6 nitrogen and oxygen atoms in total. The first-order valence-corrected chi connectivity index (χ1v) is 7.57. The summed E-state index contributed by atoms with van der Waals surface area (Å²) in [6, 6.07) is 4.05. The average Bonchev–Trinajstić information content (AvgIpc) is 3.00. The van der Waals surface area contributed by atoms with Crippen molar-refractivity contribution < 1.29 is 9.59 Å². The quantitative estimate of drug-likeness (QED) is 0.751. The van der Waals surface area contributed by atoms with E-state index < -0.39 is 0 Å². The fourth-order valence-corrected chi connectivity index (χ4v) is 2.86. The number of carbonyl (C=O) groups is 2. The van der Waals surface area contributed by atoms with Gasteiger partial charge in [-0.3, -0.25) is 19.8 Å². The fourth-order valence-electron chi connectivity index (χ4n) is 2.86. The zero-order valence-corrected chi connectivity index (χ0v) is 12.5. The summed E-state index contributed by atoms with van der Waals surface area (Å²) in [5.74, 6) is -0.641. The number of aromatic amines is 1. The molecule has 1 saturated carbocycles. The number of hydrogen-bond acceptors (Lipinski definition) is 4. The van der Waals surface area contributed by atoms with E-state index in [0.717, 1.165) is 32.2 Å². The number of nitrogens with two attached hydrogens (primary N) is 1. The Labute approximate surface area is 125 Å². The van der Waals surface area contributed by atoms with Gasteiger partial charge in [0.1, 0.15) is 5.69 Å². The van der Waals surface area contributed by atoms with Crippen molar-refractivity contribution in [3.8, 4) is 0 Å². The number of nitrogens with one attached hydrogen (secondary N) is 2. The molecule has 0 saturated heterocycles. The molecular formula is C15H24N4O2. The van der Waals surface area contributed by atoms with Gasteiger partial charge in [0.25, 0.3) is 5.91 Å². The number of carbonyl (C=O) groups excluding carboxylic acids is 2. The van der Waals surface area contributed by atoms with Crippen molar-refractivity contribution in [3.05, 3.63) is 24.0 Å². The lowest BCUT2D eigenvalue weighted by Crippen LogP contribution is -2.46. The molecule has 0 unspecified atom stereocenters. The monoisotopic (exact) mass is 292 g/mol. The largest absolute Gasteiger partial charge is 0.357 e. The summed E-state index contributed by atoms with van der Waals surface area (Å²) in [6.07, 6.45) is 5.71. The zero-order valence-electron chi connectivity index (χ0n) is 12.5. The second-order valence-electron chi connectivity index (χ2n) is 5.59. The number of likely N-dealkylation sites (N-methyl/N-ethyl adjacent to an activating group) is 1. The fraction of sp³-hybridized carbons (Fsp3) is 0.600. The molecule has 1 aromatic rings. The van der Waals surface area contributed by atoms with E-state index in [2.05, 4.69) is 15.2 Å². The summed E-state index contributed by atoms with van der Waals surface area (Å²) in [6.45, 7) is 3.08. The Bertz CT molecular complexity index is 464. The molecule has 0 aliphatic heterocycles. The van der Waals surface area contributed by atoms with Gasteiger partial charge in [-0.05, 0) is 44.4 Å². The van der Waals surface area contributed by atoms with Crippen LogP contribution in [0.4, 0.5) is 0 Å². The number of hydrogen-bond donors (Lipinski definition) is 3. The normalized spacial score (nSPS) is 22.2. The number of aromatic nitrogens is 1. The number of nitrogens with zero attached hydrogens (tertiary/aromatic N) is 1. The maximum absolute atomic E-state index is 12.0. The smallest absolute Gasteiger partial charge is 0.274 e. The van der Waals surface area contributed by atoms with Crippen LogP contribution in [-0.4, -0.2) is 46.9 Å². The van der Waals surface area contributed by atoms with Crippen LogP contribution in [0.15, 0.2) is 18.3 Å². The minimum atomic E-state index is -0.383. The Kier molecular flexibility index (Phi) is 5.52. The van der Waals surface area contributed by atoms with Crippen LogP contribution in [-0.2, 0) is 4.79 Å². The van der Waals surface area contributed by atoms with Crippen LogP contribution in [0, 0.1) is 0 Å². The van der Waals surface area contributed by atoms with Gasteiger partial charge in [-0.1, -0.05) is 6.92 Å². The molecule has 1 aliphatic carbocycles. The summed E-state index contributed by atoms with van der Waals surface area (Å²) >= 11 is 0. The van der Waals surface area contributed by atoms with E-state index in [4.69, 9.17) is 5.73 Å². The van der Waals surface area contributed by atoms with Crippen LogP contribution in [0.5, 0.6) is 0 Å². The highest BCUT2D eigenvalue weighted by molar-refractivity contribution is 6.04. The lowest BCUT2D eigenvalue weighted by atomic mass is 9.91. The summed E-state index contributed by atoms with van der Waals surface area (Å²) in [4.78, 5) is 28.7. The van der Waals surface area contributed by atoms with Gasteiger partial charge in [-0.25, -0.2) is 0 Å². The van der Waals surface area contributed by atoms with E-state index >= 15 is 0 Å². The van der Waals surface area contributed by atoms with Crippen molar-refractivity contribution in [2.45, 2.75) is 44.7 Å². The van der Waals surface area contributed by atoms with Gasteiger partial charge in [0.05, 0.1) is 6.54 Å². The Morgan fingerprint density at radius 3 is 2.67 bits per heavy atom. The molecule has 0 spiro atoms. The first-order valence-electron chi connectivity index (χ1n) is 7.57. The van der Waals surface area contributed by atoms with E-state index in [1.165, 1.54) is 0 Å². The molecule has 1 heterocycles. The van der Waals surface area contributed by atoms with Crippen LogP contribution in [0.1, 0.15) is 43.1 Å². The number of amides is 2. The van der Waals surface area contributed by atoms with Crippen molar-refractivity contribution in [3.63, 3.8) is 0 Å². The SMILES string of the molecule is CCN(CC(=O)NC(=O)c1ccc[nH]1)C1CCC(N)CC1. The molecule has 0 bridgehead atoms. The second kappa shape index (κ2) is 7.38. The molecule has 1 aliphatic rings. The van der Waals surface area contributed by atoms with E-state index in [1.807, 2.05) is 6.92 Å². The van der Waals surface area contributed by atoms with Gasteiger partial charge < -0.3 is 10.7 Å². The van der Waals surface area contributed by atoms with Crippen LogP contribution >= 0.6 is 0 Å².